The lowest BCUT2D eigenvalue weighted by Gasteiger charge is -2.27. The average molecular weight is 443 g/mol. The molecule has 10 heteroatoms. The van der Waals surface area contributed by atoms with Crippen molar-refractivity contribution >= 4 is 29.4 Å². The van der Waals surface area contributed by atoms with E-state index >= 15 is 0 Å². The summed E-state index contributed by atoms with van der Waals surface area (Å²) in [6, 6.07) is 5.38. The zero-order valence-corrected chi connectivity index (χ0v) is 19.4. The van der Waals surface area contributed by atoms with Crippen LogP contribution in [0.3, 0.4) is 0 Å². The Morgan fingerprint density at radius 1 is 1.28 bits per heavy atom. The number of aliphatic hydroxyl groups excluding tert-OH is 1. The maximum Gasteiger partial charge on any atom is 0.248 e. The van der Waals surface area contributed by atoms with E-state index in [1.807, 2.05) is 24.9 Å². The van der Waals surface area contributed by atoms with Crippen LogP contribution in [0, 0.1) is 12.3 Å². The Morgan fingerprint density at radius 3 is 2.62 bits per heavy atom. The predicted octanol–water partition coefficient (Wildman–Crippen LogP) is 1.64. The molecule has 6 N–H and O–H groups in total. The summed E-state index contributed by atoms with van der Waals surface area (Å²) in [5.74, 6) is 0.858. The van der Waals surface area contributed by atoms with Crippen molar-refractivity contribution in [1.29, 1.82) is 0 Å². The largest absolute Gasteiger partial charge is 0.395 e. The molecule has 2 heterocycles. The van der Waals surface area contributed by atoms with Crippen LogP contribution in [0.5, 0.6) is 0 Å². The SMILES string of the molecule is Cc1ccc(C(N)=O)cc1Nc1nc(N[C@H]2CN[C@@H](CO)C2)nc(N(C)CC(C)(C)C)n1. The van der Waals surface area contributed by atoms with E-state index in [0.29, 0.717) is 35.6 Å². The molecule has 174 valence electrons. The Morgan fingerprint density at radius 2 is 2.00 bits per heavy atom. The quantitative estimate of drug-likeness (QED) is 0.412. The summed E-state index contributed by atoms with van der Waals surface area (Å²) in [5.41, 5.74) is 7.53. The van der Waals surface area contributed by atoms with Gasteiger partial charge in [0.1, 0.15) is 0 Å². The molecule has 1 aliphatic heterocycles. The number of rotatable bonds is 8. The van der Waals surface area contributed by atoms with E-state index in [9.17, 15) is 9.90 Å². The number of amides is 1. The monoisotopic (exact) mass is 442 g/mol. The number of aromatic nitrogens is 3. The lowest BCUT2D eigenvalue weighted by atomic mass is 9.96. The van der Waals surface area contributed by atoms with Crippen LogP contribution in [-0.2, 0) is 0 Å². The van der Waals surface area contributed by atoms with Crippen molar-refractivity contribution < 1.29 is 9.90 Å². The molecule has 1 aliphatic rings. The molecule has 3 rings (SSSR count). The molecular weight excluding hydrogens is 408 g/mol. The predicted molar refractivity (Wildman–Crippen MR) is 126 cm³/mol. The second-order valence-electron chi connectivity index (χ2n) is 9.58. The standard InChI is InChI=1S/C22H34N8O2/c1-13-6-7-14(18(23)32)8-17(13)26-20-27-19(25-15-9-16(11-31)24-10-15)28-21(29-20)30(5)12-22(2,3)4/h6-8,15-16,24,31H,9-12H2,1-5H3,(H2,23,32)(H2,25,26,27,28,29)/t15-,16-/m1/s1. The van der Waals surface area contributed by atoms with Crippen LogP contribution in [0.25, 0.3) is 0 Å². The van der Waals surface area contributed by atoms with Crippen LogP contribution in [0.1, 0.15) is 43.1 Å². The number of nitrogens with two attached hydrogens (primary N) is 1. The maximum absolute atomic E-state index is 11.6. The van der Waals surface area contributed by atoms with Gasteiger partial charge in [-0.2, -0.15) is 15.0 Å². The van der Waals surface area contributed by atoms with Crippen LogP contribution in [-0.4, -0.2) is 64.8 Å². The van der Waals surface area contributed by atoms with E-state index in [4.69, 9.17) is 5.73 Å². The average Bonchev–Trinajstić information content (AvgIpc) is 3.15. The fraction of sp³-hybridized carbons (Fsp3) is 0.545. The molecule has 1 aromatic carbocycles. The van der Waals surface area contributed by atoms with E-state index in [-0.39, 0.29) is 24.1 Å². The van der Waals surface area contributed by atoms with Crippen molar-refractivity contribution in [1.82, 2.24) is 20.3 Å². The number of benzene rings is 1. The molecular formula is C22H34N8O2. The van der Waals surface area contributed by atoms with E-state index in [1.165, 1.54) is 0 Å². The molecule has 0 spiro atoms. The first-order valence-electron chi connectivity index (χ1n) is 10.8. The molecule has 0 unspecified atom stereocenters. The molecule has 32 heavy (non-hydrogen) atoms. The van der Waals surface area contributed by atoms with Gasteiger partial charge in [-0.05, 0) is 36.5 Å². The van der Waals surface area contributed by atoms with Gasteiger partial charge in [-0.25, -0.2) is 0 Å². The van der Waals surface area contributed by atoms with Crippen molar-refractivity contribution in [2.75, 3.05) is 42.3 Å². The van der Waals surface area contributed by atoms with Crippen molar-refractivity contribution in [3.8, 4) is 0 Å². The highest BCUT2D eigenvalue weighted by Gasteiger charge is 2.25. The molecule has 10 nitrogen and oxygen atoms in total. The molecule has 2 aromatic rings. The third kappa shape index (κ3) is 6.27. The van der Waals surface area contributed by atoms with Gasteiger partial charge in [-0.3, -0.25) is 4.79 Å². The molecule has 1 saturated heterocycles. The second kappa shape index (κ2) is 9.66. The number of nitrogens with one attached hydrogen (secondary N) is 3. The summed E-state index contributed by atoms with van der Waals surface area (Å²) in [6.45, 7) is 9.95. The smallest absolute Gasteiger partial charge is 0.248 e. The lowest BCUT2D eigenvalue weighted by Crippen LogP contribution is -2.31. The van der Waals surface area contributed by atoms with Crippen LogP contribution >= 0.6 is 0 Å². The Kier molecular flexibility index (Phi) is 7.15. The zero-order chi connectivity index (χ0) is 23.5. The van der Waals surface area contributed by atoms with Crippen LogP contribution in [0.2, 0.25) is 0 Å². The van der Waals surface area contributed by atoms with Crippen molar-refractivity contribution in [3.05, 3.63) is 29.3 Å². The van der Waals surface area contributed by atoms with Gasteiger partial charge >= 0.3 is 0 Å². The molecule has 2 atom stereocenters. The van der Waals surface area contributed by atoms with Gasteiger partial charge in [-0.15, -0.1) is 0 Å². The van der Waals surface area contributed by atoms with Gasteiger partial charge in [-0.1, -0.05) is 26.8 Å². The third-order valence-corrected chi connectivity index (χ3v) is 5.22. The first-order chi connectivity index (χ1) is 15.0. The summed E-state index contributed by atoms with van der Waals surface area (Å²) in [7, 11) is 1.95. The number of anilines is 4. The summed E-state index contributed by atoms with van der Waals surface area (Å²) in [5, 5.41) is 19.2. The Balaban J connectivity index is 1.91. The number of primary amides is 1. The summed E-state index contributed by atoms with van der Waals surface area (Å²) in [4.78, 5) is 27.4. The Hall–Kier alpha value is -2.98. The zero-order valence-electron chi connectivity index (χ0n) is 19.4. The van der Waals surface area contributed by atoms with E-state index in [2.05, 4.69) is 51.7 Å². The molecule has 1 aromatic heterocycles. The van der Waals surface area contributed by atoms with E-state index < -0.39 is 5.91 Å². The highest BCUT2D eigenvalue weighted by atomic mass is 16.3. The molecule has 0 aliphatic carbocycles. The van der Waals surface area contributed by atoms with Crippen LogP contribution < -0.4 is 26.6 Å². The Labute approximate surface area is 189 Å². The molecule has 0 saturated carbocycles. The summed E-state index contributed by atoms with van der Waals surface area (Å²) < 4.78 is 0. The van der Waals surface area contributed by atoms with Crippen LogP contribution in [0.15, 0.2) is 18.2 Å². The van der Waals surface area contributed by atoms with Gasteiger partial charge in [0.05, 0.1) is 6.61 Å². The van der Waals surface area contributed by atoms with Crippen molar-refractivity contribution in [2.45, 2.75) is 46.2 Å². The first-order valence-corrected chi connectivity index (χ1v) is 10.8. The number of carbonyl (C=O) groups excluding carboxylic acids is 1. The topological polar surface area (TPSA) is 141 Å². The highest BCUT2D eigenvalue weighted by molar-refractivity contribution is 5.94. The highest BCUT2D eigenvalue weighted by Crippen LogP contribution is 2.24. The maximum atomic E-state index is 11.6. The van der Waals surface area contributed by atoms with Gasteiger partial charge in [0.15, 0.2) is 0 Å². The van der Waals surface area contributed by atoms with Gasteiger partial charge < -0.3 is 31.7 Å². The van der Waals surface area contributed by atoms with Gasteiger partial charge in [0, 0.05) is 43.5 Å². The fourth-order valence-corrected chi connectivity index (χ4v) is 3.72. The normalized spacial score (nSPS) is 18.4. The summed E-state index contributed by atoms with van der Waals surface area (Å²) in [6.07, 6.45) is 0.776. The Bertz CT molecular complexity index is 959. The number of aryl methyl sites for hydroxylation is 1. The minimum Gasteiger partial charge on any atom is -0.395 e. The van der Waals surface area contributed by atoms with E-state index in [0.717, 1.165) is 18.5 Å². The van der Waals surface area contributed by atoms with Crippen molar-refractivity contribution in [2.24, 2.45) is 11.1 Å². The first kappa shape index (κ1) is 23.7. The number of hydrogen-bond donors (Lipinski definition) is 5. The van der Waals surface area contributed by atoms with Gasteiger partial charge in [0.25, 0.3) is 0 Å². The molecule has 1 fully saturated rings. The summed E-state index contributed by atoms with van der Waals surface area (Å²) >= 11 is 0. The third-order valence-electron chi connectivity index (χ3n) is 5.22. The number of aliphatic hydroxyl groups is 1. The molecule has 0 radical (unpaired) electrons. The van der Waals surface area contributed by atoms with Crippen LogP contribution in [0.4, 0.5) is 23.5 Å². The van der Waals surface area contributed by atoms with Crippen molar-refractivity contribution in [3.63, 3.8) is 0 Å². The van der Waals surface area contributed by atoms with E-state index in [1.54, 1.807) is 12.1 Å². The minimum atomic E-state index is -0.496. The number of hydrogen-bond acceptors (Lipinski definition) is 9. The minimum absolute atomic E-state index is 0.0543. The molecule has 0 bridgehead atoms. The fourth-order valence-electron chi connectivity index (χ4n) is 3.72. The van der Waals surface area contributed by atoms with Gasteiger partial charge in [0.2, 0.25) is 23.8 Å². The number of carbonyl (C=O) groups is 1. The second-order valence-corrected chi connectivity index (χ2v) is 9.58. The lowest BCUT2D eigenvalue weighted by molar-refractivity contribution is 0.100. The molecule has 1 amide bonds. The number of nitrogens with zero attached hydrogens (tertiary/aromatic N) is 4.